The molecule has 7 nitrogen and oxygen atoms in total. The molecule has 1 aliphatic rings. The highest BCUT2D eigenvalue weighted by Crippen LogP contribution is 2.31. The minimum absolute atomic E-state index is 0.0654. The first-order chi connectivity index (χ1) is 16.5. The first kappa shape index (κ1) is 24.0. The number of nitrogens with zero attached hydrogens (tertiary/aromatic N) is 3. The Morgan fingerprint density at radius 2 is 1.82 bits per heavy atom. The maximum atomic E-state index is 13.1. The van der Waals surface area contributed by atoms with E-state index in [2.05, 4.69) is 15.3 Å². The van der Waals surface area contributed by atoms with Crippen LogP contribution in [0.1, 0.15) is 47.1 Å². The minimum Gasteiger partial charge on any atom is -0.496 e. The number of carbonyl (C=O) groups is 1. The standard InChI is InChI=1S/C26H29ClN4O3/c1-18-16-23(32)25(29-31(18)20-12-10-19(27)11-13-20)26(33)28-17-22(30-14-6-3-7-15-30)21-8-4-5-9-24(21)34-2/h4-5,8-13,16,22H,3,6-7,14-15,17H2,1-2H3,(H,28,33)/t22-/m0/s1. The molecule has 1 fully saturated rings. The number of ether oxygens (including phenoxy) is 1. The van der Waals surface area contributed by atoms with E-state index in [1.807, 2.05) is 24.3 Å². The van der Waals surface area contributed by atoms with Gasteiger partial charge in [-0.05, 0) is 63.2 Å². The number of aryl methyl sites for hydroxylation is 1. The van der Waals surface area contributed by atoms with Gasteiger partial charge >= 0.3 is 0 Å². The zero-order chi connectivity index (χ0) is 24.1. The zero-order valence-corrected chi connectivity index (χ0v) is 20.2. The van der Waals surface area contributed by atoms with E-state index in [1.165, 1.54) is 12.5 Å². The van der Waals surface area contributed by atoms with Crippen LogP contribution in [-0.2, 0) is 0 Å². The second kappa shape index (κ2) is 10.8. The van der Waals surface area contributed by atoms with Gasteiger partial charge in [0.15, 0.2) is 5.69 Å². The summed E-state index contributed by atoms with van der Waals surface area (Å²) in [5.41, 5.74) is 1.81. The van der Waals surface area contributed by atoms with Crippen molar-refractivity contribution in [1.29, 1.82) is 0 Å². The number of aromatic nitrogens is 2. The second-order valence-electron chi connectivity index (χ2n) is 8.45. The monoisotopic (exact) mass is 480 g/mol. The molecule has 1 amide bonds. The molecule has 34 heavy (non-hydrogen) atoms. The molecule has 178 valence electrons. The molecule has 0 unspecified atom stereocenters. The predicted molar refractivity (Wildman–Crippen MR) is 133 cm³/mol. The molecule has 1 aromatic heterocycles. The quantitative estimate of drug-likeness (QED) is 0.549. The molecule has 1 N–H and O–H groups in total. The van der Waals surface area contributed by atoms with Crippen molar-refractivity contribution in [3.05, 3.63) is 86.8 Å². The third-order valence-corrected chi connectivity index (χ3v) is 6.43. The molecule has 1 atom stereocenters. The van der Waals surface area contributed by atoms with Gasteiger partial charge in [0.25, 0.3) is 5.91 Å². The van der Waals surface area contributed by atoms with Crippen molar-refractivity contribution < 1.29 is 9.53 Å². The summed E-state index contributed by atoms with van der Waals surface area (Å²) in [5, 5.41) is 7.94. The van der Waals surface area contributed by atoms with Gasteiger partial charge in [-0.2, -0.15) is 5.10 Å². The van der Waals surface area contributed by atoms with E-state index in [-0.39, 0.29) is 11.7 Å². The number of likely N-dealkylation sites (tertiary alicyclic amines) is 1. The predicted octanol–water partition coefficient (Wildman–Crippen LogP) is 4.16. The maximum Gasteiger partial charge on any atom is 0.275 e. The molecule has 0 saturated carbocycles. The summed E-state index contributed by atoms with van der Waals surface area (Å²) in [7, 11) is 1.65. The van der Waals surface area contributed by atoms with E-state index in [1.54, 1.807) is 43.0 Å². The van der Waals surface area contributed by atoms with Gasteiger partial charge in [0.2, 0.25) is 5.43 Å². The number of piperidine rings is 1. The Kier molecular flexibility index (Phi) is 7.65. The van der Waals surface area contributed by atoms with Crippen molar-refractivity contribution in [3.63, 3.8) is 0 Å². The van der Waals surface area contributed by atoms with Crippen molar-refractivity contribution in [1.82, 2.24) is 20.0 Å². The molecule has 0 bridgehead atoms. The Hall–Kier alpha value is -3.16. The minimum atomic E-state index is -0.496. The molecule has 2 aromatic carbocycles. The van der Waals surface area contributed by atoms with Gasteiger partial charge in [0.05, 0.1) is 18.8 Å². The fourth-order valence-corrected chi connectivity index (χ4v) is 4.55. The van der Waals surface area contributed by atoms with E-state index in [9.17, 15) is 9.59 Å². The van der Waals surface area contributed by atoms with Crippen molar-refractivity contribution in [3.8, 4) is 11.4 Å². The van der Waals surface area contributed by atoms with Crippen molar-refractivity contribution in [2.24, 2.45) is 0 Å². The van der Waals surface area contributed by atoms with Crippen LogP contribution in [0.5, 0.6) is 5.75 Å². The highest BCUT2D eigenvalue weighted by molar-refractivity contribution is 6.30. The Morgan fingerprint density at radius 3 is 2.53 bits per heavy atom. The lowest BCUT2D eigenvalue weighted by atomic mass is 10.0. The summed E-state index contributed by atoms with van der Waals surface area (Å²) >= 11 is 6.00. The number of hydrogen-bond acceptors (Lipinski definition) is 5. The summed E-state index contributed by atoms with van der Waals surface area (Å²) in [5.74, 6) is 0.287. The van der Waals surface area contributed by atoms with Gasteiger partial charge in [-0.3, -0.25) is 14.5 Å². The van der Waals surface area contributed by atoms with E-state index in [0.29, 0.717) is 17.3 Å². The van der Waals surface area contributed by atoms with Crippen LogP contribution in [0.4, 0.5) is 0 Å². The third-order valence-electron chi connectivity index (χ3n) is 6.18. The van der Waals surface area contributed by atoms with Gasteiger partial charge in [0, 0.05) is 28.9 Å². The lowest BCUT2D eigenvalue weighted by molar-refractivity contribution is 0.0915. The van der Waals surface area contributed by atoms with Gasteiger partial charge in [-0.25, -0.2) is 4.68 Å². The summed E-state index contributed by atoms with van der Waals surface area (Å²) in [6, 6.07) is 16.3. The third kappa shape index (κ3) is 5.32. The normalized spacial score (nSPS) is 15.0. The average molecular weight is 481 g/mol. The Morgan fingerprint density at radius 1 is 1.12 bits per heavy atom. The van der Waals surface area contributed by atoms with Crippen LogP contribution < -0.4 is 15.5 Å². The molecule has 2 heterocycles. The summed E-state index contributed by atoms with van der Waals surface area (Å²) in [6.07, 6.45) is 3.44. The molecule has 0 radical (unpaired) electrons. The average Bonchev–Trinajstić information content (AvgIpc) is 2.86. The molecule has 1 aliphatic heterocycles. The fourth-order valence-electron chi connectivity index (χ4n) is 4.43. The number of methoxy groups -OCH3 is 1. The van der Waals surface area contributed by atoms with E-state index < -0.39 is 11.3 Å². The summed E-state index contributed by atoms with van der Waals surface area (Å²) < 4.78 is 7.18. The number of nitrogens with one attached hydrogen (secondary N) is 1. The van der Waals surface area contributed by atoms with Crippen molar-refractivity contribution >= 4 is 17.5 Å². The highest BCUT2D eigenvalue weighted by atomic mass is 35.5. The molecule has 4 rings (SSSR count). The van der Waals surface area contributed by atoms with Gasteiger partial charge < -0.3 is 10.1 Å². The largest absolute Gasteiger partial charge is 0.496 e. The molecule has 0 spiro atoms. The van der Waals surface area contributed by atoms with Crippen LogP contribution in [0.3, 0.4) is 0 Å². The second-order valence-corrected chi connectivity index (χ2v) is 8.89. The number of hydrogen-bond donors (Lipinski definition) is 1. The van der Waals surface area contributed by atoms with Crippen LogP contribution in [0.25, 0.3) is 5.69 Å². The lowest BCUT2D eigenvalue weighted by Crippen LogP contribution is -2.42. The molecule has 8 heteroatoms. The number of halogens is 1. The van der Waals surface area contributed by atoms with Gasteiger partial charge in [-0.15, -0.1) is 0 Å². The number of carbonyl (C=O) groups excluding carboxylic acids is 1. The van der Waals surface area contributed by atoms with Crippen LogP contribution in [0, 0.1) is 6.92 Å². The maximum absolute atomic E-state index is 13.1. The first-order valence-electron chi connectivity index (χ1n) is 11.5. The zero-order valence-electron chi connectivity index (χ0n) is 19.5. The van der Waals surface area contributed by atoms with Crippen molar-refractivity contribution in [2.45, 2.75) is 32.2 Å². The van der Waals surface area contributed by atoms with Crippen LogP contribution in [0.15, 0.2) is 59.4 Å². The topological polar surface area (TPSA) is 76.5 Å². The molecule has 3 aromatic rings. The van der Waals surface area contributed by atoms with Crippen molar-refractivity contribution in [2.75, 3.05) is 26.7 Å². The summed E-state index contributed by atoms with van der Waals surface area (Å²) in [4.78, 5) is 28.1. The Bertz CT molecular complexity index is 1200. The molecule has 0 aliphatic carbocycles. The van der Waals surface area contributed by atoms with Gasteiger partial charge in [-0.1, -0.05) is 36.2 Å². The molecular weight excluding hydrogens is 452 g/mol. The van der Waals surface area contributed by atoms with E-state index in [4.69, 9.17) is 16.3 Å². The number of rotatable bonds is 7. The summed E-state index contributed by atoms with van der Waals surface area (Å²) in [6.45, 7) is 4.02. The molecule has 1 saturated heterocycles. The number of amides is 1. The highest BCUT2D eigenvalue weighted by Gasteiger charge is 2.26. The fraction of sp³-hybridized carbons (Fsp3) is 0.346. The number of benzene rings is 2. The molecular formula is C26H29ClN4O3. The van der Waals surface area contributed by atoms with Crippen LogP contribution in [-0.4, -0.2) is 47.3 Å². The van der Waals surface area contributed by atoms with E-state index >= 15 is 0 Å². The van der Waals surface area contributed by atoms with E-state index in [0.717, 1.165) is 42.9 Å². The number of para-hydroxylation sites is 1. The smallest absolute Gasteiger partial charge is 0.275 e. The Balaban J connectivity index is 1.60. The lowest BCUT2D eigenvalue weighted by Gasteiger charge is -2.35. The van der Waals surface area contributed by atoms with Crippen LogP contribution >= 0.6 is 11.6 Å². The first-order valence-corrected chi connectivity index (χ1v) is 11.9. The van der Waals surface area contributed by atoms with Gasteiger partial charge in [0.1, 0.15) is 5.75 Å². The Labute approximate surface area is 204 Å². The van der Waals surface area contributed by atoms with Crippen LogP contribution in [0.2, 0.25) is 5.02 Å². The SMILES string of the molecule is COc1ccccc1[C@H](CNC(=O)c1nn(-c2ccc(Cl)cc2)c(C)cc1=O)N1CCCCC1.